The molecule has 0 aromatic heterocycles. The largest absolute Gasteiger partial charge is 0.472 e. The van der Waals surface area contributed by atoms with Crippen LogP contribution in [0.4, 0.5) is 0 Å². The molecule has 0 spiro atoms. The molecule has 0 aliphatic rings. The Labute approximate surface area is 498 Å². The molecule has 0 aromatic carbocycles. The van der Waals surface area contributed by atoms with Gasteiger partial charge in [-0.05, 0) is 43.4 Å². The van der Waals surface area contributed by atoms with E-state index in [1.54, 1.807) is 0 Å². The lowest BCUT2D eigenvalue weighted by atomic mass is 10.0. The molecule has 0 amide bonds. The molecule has 0 aliphatic carbocycles. The molecular weight excluding hydrogens is 1090 g/mol. The summed E-state index contributed by atoms with van der Waals surface area (Å²) < 4.78 is 67.8. The van der Waals surface area contributed by atoms with E-state index >= 15 is 0 Å². The average molecular weight is 1210 g/mol. The Morgan fingerprint density at radius 1 is 0.329 bits per heavy atom. The second-order valence-electron chi connectivity index (χ2n) is 24.2. The molecule has 2 unspecified atom stereocenters. The molecule has 3 N–H and O–H groups in total. The minimum atomic E-state index is -4.94. The predicted molar refractivity (Wildman–Crippen MR) is 326 cm³/mol. The van der Waals surface area contributed by atoms with Crippen molar-refractivity contribution in [1.82, 2.24) is 0 Å². The first-order valence-corrected chi connectivity index (χ1v) is 35.8. The predicted octanol–water partition coefficient (Wildman–Crippen LogP) is 17.1. The average Bonchev–Trinajstić information content (AvgIpc) is 3.43. The van der Waals surface area contributed by atoms with Gasteiger partial charge in [-0.15, -0.1) is 0 Å². The molecule has 0 radical (unpaired) electrons. The zero-order valence-electron chi connectivity index (χ0n) is 52.9. The number of esters is 4. The van der Waals surface area contributed by atoms with Crippen molar-refractivity contribution >= 4 is 39.5 Å². The summed E-state index contributed by atoms with van der Waals surface area (Å²) in [7, 11) is -9.88. The summed E-state index contributed by atoms with van der Waals surface area (Å²) in [6.45, 7) is 11.6. The van der Waals surface area contributed by atoms with Crippen LogP contribution in [0.15, 0.2) is 0 Å². The van der Waals surface area contributed by atoms with Crippen LogP contribution in [0.3, 0.4) is 0 Å². The fourth-order valence-corrected chi connectivity index (χ4v) is 10.9. The third-order valence-corrected chi connectivity index (χ3v) is 16.3. The normalized spacial score (nSPS) is 14.4. The molecular formula is C63H122O17P2. The molecule has 486 valence electrons. The van der Waals surface area contributed by atoms with Crippen LogP contribution in [0.2, 0.25) is 0 Å². The lowest BCUT2D eigenvalue weighted by Crippen LogP contribution is -2.30. The maximum absolute atomic E-state index is 13.0. The van der Waals surface area contributed by atoms with Gasteiger partial charge in [0.1, 0.15) is 19.3 Å². The second kappa shape index (κ2) is 54.5. The summed E-state index contributed by atoms with van der Waals surface area (Å²) in [4.78, 5) is 72.0. The van der Waals surface area contributed by atoms with Crippen LogP contribution in [0, 0.1) is 17.8 Å². The Hall–Kier alpha value is -1.94. The van der Waals surface area contributed by atoms with Crippen molar-refractivity contribution in [3.8, 4) is 0 Å². The van der Waals surface area contributed by atoms with Gasteiger partial charge in [0.25, 0.3) is 0 Å². The van der Waals surface area contributed by atoms with Crippen molar-refractivity contribution in [3.05, 3.63) is 0 Å². The van der Waals surface area contributed by atoms with Crippen molar-refractivity contribution in [2.75, 3.05) is 39.6 Å². The van der Waals surface area contributed by atoms with Gasteiger partial charge in [-0.2, -0.15) is 0 Å². The van der Waals surface area contributed by atoms with Crippen molar-refractivity contribution in [2.24, 2.45) is 17.8 Å². The van der Waals surface area contributed by atoms with Gasteiger partial charge in [-0.3, -0.25) is 37.3 Å². The number of aliphatic hydroxyl groups excluding tert-OH is 1. The molecule has 5 atom stereocenters. The zero-order chi connectivity index (χ0) is 61.0. The summed E-state index contributed by atoms with van der Waals surface area (Å²) in [5.74, 6) is 0.0153. The van der Waals surface area contributed by atoms with Gasteiger partial charge in [0, 0.05) is 25.7 Å². The lowest BCUT2D eigenvalue weighted by molar-refractivity contribution is -0.161. The summed E-state index contributed by atoms with van der Waals surface area (Å²) in [6.07, 6.45) is 35.2. The zero-order valence-corrected chi connectivity index (χ0v) is 54.7. The van der Waals surface area contributed by atoms with E-state index in [1.807, 2.05) is 0 Å². The standard InChI is InChI=1S/C63H122O17P2/c1-8-9-10-11-20-30-37-44-60(65)73-50-59(80-63(68)47-40-33-26-25-29-36-43-56(6)7)53-78-82(71,72)76-49-57(64)48-75-81(69,70)77-52-58(51-74-61(66)45-38-31-24-19-22-28-35-42-55(4)5)79-62(67)46-39-32-23-18-16-14-12-13-15-17-21-27-34-41-54(2)3/h54-59,64H,8-53H2,1-7H3,(H,69,70)(H,71,72)/t57-,58-,59-/m1/s1. The highest BCUT2D eigenvalue weighted by Crippen LogP contribution is 2.45. The van der Waals surface area contributed by atoms with Gasteiger partial charge in [0.15, 0.2) is 12.2 Å². The minimum Gasteiger partial charge on any atom is -0.462 e. The van der Waals surface area contributed by atoms with Gasteiger partial charge >= 0.3 is 39.5 Å². The van der Waals surface area contributed by atoms with Gasteiger partial charge in [-0.25, -0.2) is 9.13 Å². The number of carbonyl (C=O) groups excluding carboxylic acids is 4. The molecule has 82 heavy (non-hydrogen) atoms. The number of phosphoric ester groups is 2. The molecule has 0 fully saturated rings. The summed E-state index contributed by atoms with van der Waals surface area (Å²) in [5.41, 5.74) is 0. The van der Waals surface area contributed by atoms with Crippen molar-refractivity contribution < 1.29 is 80.2 Å². The monoisotopic (exact) mass is 1210 g/mol. The Balaban J connectivity index is 5.19. The second-order valence-corrected chi connectivity index (χ2v) is 27.1. The maximum Gasteiger partial charge on any atom is 0.472 e. The van der Waals surface area contributed by atoms with Gasteiger partial charge in [0.2, 0.25) is 0 Å². The maximum atomic E-state index is 13.0. The van der Waals surface area contributed by atoms with Crippen LogP contribution < -0.4 is 0 Å². The van der Waals surface area contributed by atoms with Crippen molar-refractivity contribution in [1.29, 1.82) is 0 Å². The van der Waals surface area contributed by atoms with E-state index < -0.39 is 97.5 Å². The van der Waals surface area contributed by atoms with Crippen LogP contribution in [-0.4, -0.2) is 96.7 Å². The number of phosphoric acid groups is 2. The fraction of sp³-hybridized carbons (Fsp3) is 0.937. The van der Waals surface area contributed by atoms with Crippen molar-refractivity contribution in [2.45, 2.75) is 324 Å². The summed E-state index contributed by atoms with van der Waals surface area (Å²) in [5, 5.41) is 10.5. The SMILES string of the molecule is CCCCCCCCCC(=O)OC[C@H](COP(=O)(O)OC[C@H](O)COP(=O)(O)OC[C@@H](COC(=O)CCCCCCCCCC(C)C)OC(=O)CCCCCCCCCCCCCCCC(C)C)OC(=O)CCCCCCCCC(C)C. The molecule has 0 bridgehead atoms. The fourth-order valence-electron chi connectivity index (χ4n) is 9.30. The smallest absolute Gasteiger partial charge is 0.462 e. The number of hydrogen-bond donors (Lipinski definition) is 3. The first-order chi connectivity index (χ1) is 39.2. The van der Waals surface area contributed by atoms with Gasteiger partial charge in [0.05, 0.1) is 26.4 Å². The van der Waals surface area contributed by atoms with E-state index in [2.05, 4.69) is 48.5 Å². The molecule has 0 aliphatic heterocycles. The third-order valence-electron chi connectivity index (χ3n) is 14.4. The van der Waals surface area contributed by atoms with Gasteiger partial charge in [-0.1, -0.05) is 254 Å². The number of unbranched alkanes of at least 4 members (excludes halogenated alkanes) is 29. The topological polar surface area (TPSA) is 237 Å². The highest BCUT2D eigenvalue weighted by atomic mass is 31.2. The van der Waals surface area contributed by atoms with E-state index in [9.17, 15) is 43.2 Å². The molecule has 0 heterocycles. The Morgan fingerprint density at radius 3 is 0.829 bits per heavy atom. The van der Waals surface area contributed by atoms with Crippen LogP contribution >= 0.6 is 15.6 Å². The number of rotatable bonds is 61. The lowest BCUT2D eigenvalue weighted by Gasteiger charge is -2.21. The van der Waals surface area contributed by atoms with Crippen molar-refractivity contribution in [3.63, 3.8) is 0 Å². The number of carbonyl (C=O) groups is 4. The number of hydrogen-bond acceptors (Lipinski definition) is 15. The Kier molecular flexibility index (Phi) is 53.2. The molecule has 17 nitrogen and oxygen atoms in total. The summed E-state index contributed by atoms with van der Waals surface area (Å²) >= 11 is 0. The van der Waals surface area contributed by atoms with E-state index in [0.29, 0.717) is 37.5 Å². The molecule has 0 aromatic rings. The first kappa shape index (κ1) is 80.1. The van der Waals surface area contributed by atoms with Crippen LogP contribution in [0.1, 0.15) is 305 Å². The van der Waals surface area contributed by atoms with E-state index in [1.165, 1.54) is 96.3 Å². The minimum absolute atomic E-state index is 0.101. The third kappa shape index (κ3) is 57.2. The highest BCUT2D eigenvalue weighted by Gasteiger charge is 2.30. The van der Waals surface area contributed by atoms with Crippen LogP contribution in [0.5, 0.6) is 0 Å². The Morgan fingerprint density at radius 2 is 0.561 bits per heavy atom. The van der Waals surface area contributed by atoms with E-state index in [4.69, 9.17) is 37.0 Å². The van der Waals surface area contributed by atoms with E-state index in [0.717, 1.165) is 115 Å². The Bertz CT molecular complexity index is 1630. The van der Waals surface area contributed by atoms with Crippen LogP contribution in [0.25, 0.3) is 0 Å². The van der Waals surface area contributed by atoms with E-state index in [-0.39, 0.29) is 25.7 Å². The highest BCUT2D eigenvalue weighted by molar-refractivity contribution is 7.47. The number of ether oxygens (including phenoxy) is 4. The first-order valence-electron chi connectivity index (χ1n) is 32.8. The molecule has 0 saturated carbocycles. The van der Waals surface area contributed by atoms with Gasteiger partial charge < -0.3 is 33.8 Å². The quantitative estimate of drug-likeness (QED) is 0.0222. The molecule has 0 saturated heterocycles. The molecule has 0 rings (SSSR count). The molecule has 19 heteroatoms. The van der Waals surface area contributed by atoms with Crippen LogP contribution in [-0.2, 0) is 65.4 Å². The summed E-state index contributed by atoms with van der Waals surface area (Å²) in [6, 6.07) is 0. The number of aliphatic hydroxyl groups is 1.